The SMILES string of the molecule is COC(=O)c1c(Cl)csc1NC(=O)Cc1cccc2ncccc12. The van der Waals surface area contributed by atoms with Gasteiger partial charge in [0.1, 0.15) is 10.6 Å². The van der Waals surface area contributed by atoms with E-state index in [1.54, 1.807) is 11.6 Å². The van der Waals surface area contributed by atoms with Crippen molar-refractivity contribution in [1.82, 2.24) is 4.98 Å². The summed E-state index contributed by atoms with van der Waals surface area (Å²) in [4.78, 5) is 28.4. The second-order valence-corrected chi connectivity index (χ2v) is 6.28. The van der Waals surface area contributed by atoms with Crippen molar-refractivity contribution in [1.29, 1.82) is 0 Å². The van der Waals surface area contributed by atoms with E-state index in [2.05, 4.69) is 10.3 Å². The minimum absolute atomic E-state index is 0.166. The van der Waals surface area contributed by atoms with E-state index in [1.807, 2.05) is 30.3 Å². The summed E-state index contributed by atoms with van der Waals surface area (Å²) in [7, 11) is 1.27. The Morgan fingerprint density at radius 2 is 2.12 bits per heavy atom. The number of nitrogens with one attached hydrogen (secondary N) is 1. The highest BCUT2D eigenvalue weighted by molar-refractivity contribution is 7.15. The van der Waals surface area contributed by atoms with Gasteiger partial charge in [-0.2, -0.15) is 0 Å². The fraction of sp³-hybridized carbons (Fsp3) is 0.118. The molecule has 0 saturated carbocycles. The first kappa shape index (κ1) is 16.4. The lowest BCUT2D eigenvalue weighted by Gasteiger charge is -2.08. The number of anilines is 1. The van der Waals surface area contributed by atoms with Crippen LogP contribution in [0.15, 0.2) is 41.9 Å². The largest absolute Gasteiger partial charge is 0.465 e. The zero-order chi connectivity index (χ0) is 17.1. The van der Waals surface area contributed by atoms with E-state index in [0.29, 0.717) is 5.00 Å². The summed E-state index contributed by atoms with van der Waals surface area (Å²) >= 11 is 7.18. The molecule has 3 rings (SSSR count). The average molecular weight is 361 g/mol. The minimum Gasteiger partial charge on any atom is -0.465 e. The van der Waals surface area contributed by atoms with Crippen molar-refractivity contribution >= 4 is 50.7 Å². The molecule has 0 radical (unpaired) electrons. The Morgan fingerprint density at radius 1 is 1.29 bits per heavy atom. The molecule has 3 aromatic rings. The van der Waals surface area contributed by atoms with E-state index in [4.69, 9.17) is 16.3 Å². The molecule has 24 heavy (non-hydrogen) atoms. The van der Waals surface area contributed by atoms with E-state index in [-0.39, 0.29) is 22.9 Å². The number of hydrogen-bond acceptors (Lipinski definition) is 5. The Bertz CT molecular complexity index is 918. The lowest BCUT2D eigenvalue weighted by molar-refractivity contribution is -0.115. The van der Waals surface area contributed by atoms with Crippen LogP contribution in [-0.4, -0.2) is 24.0 Å². The van der Waals surface area contributed by atoms with E-state index in [1.165, 1.54) is 18.4 Å². The molecule has 5 nitrogen and oxygen atoms in total. The van der Waals surface area contributed by atoms with Gasteiger partial charge in [-0.1, -0.05) is 29.8 Å². The van der Waals surface area contributed by atoms with Crippen LogP contribution in [0.25, 0.3) is 10.9 Å². The number of ether oxygens (including phenoxy) is 1. The highest BCUT2D eigenvalue weighted by atomic mass is 35.5. The van der Waals surface area contributed by atoms with Gasteiger partial charge < -0.3 is 10.1 Å². The number of hydrogen-bond donors (Lipinski definition) is 1. The van der Waals surface area contributed by atoms with Crippen LogP contribution in [0.1, 0.15) is 15.9 Å². The third-order valence-electron chi connectivity index (χ3n) is 3.48. The number of methoxy groups -OCH3 is 1. The number of amides is 1. The van der Waals surface area contributed by atoms with Gasteiger partial charge in [-0.15, -0.1) is 11.3 Å². The molecule has 0 atom stereocenters. The van der Waals surface area contributed by atoms with Gasteiger partial charge in [0.05, 0.1) is 24.1 Å². The number of carbonyl (C=O) groups is 2. The van der Waals surface area contributed by atoms with E-state index < -0.39 is 5.97 Å². The third-order valence-corrected chi connectivity index (χ3v) is 4.80. The van der Waals surface area contributed by atoms with Crippen LogP contribution >= 0.6 is 22.9 Å². The Kier molecular flexibility index (Phi) is 4.78. The van der Waals surface area contributed by atoms with Gasteiger partial charge in [0.2, 0.25) is 5.91 Å². The van der Waals surface area contributed by atoms with Crippen LogP contribution in [0.2, 0.25) is 5.02 Å². The maximum absolute atomic E-state index is 12.4. The highest BCUT2D eigenvalue weighted by Crippen LogP contribution is 2.32. The molecule has 0 aliphatic carbocycles. The summed E-state index contributed by atoms with van der Waals surface area (Å²) in [5, 5.41) is 5.89. The van der Waals surface area contributed by atoms with Crippen LogP contribution in [0.4, 0.5) is 5.00 Å². The quantitative estimate of drug-likeness (QED) is 0.716. The van der Waals surface area contributed by atoms with Crippen molar-refractivity contribution in [2.45, 2.75) is 6.42 Å². The molecule has 0 aliphatic rings. The van der Waals surface area contributed by atoms with Gasteiger partial charge in [-0.3, -0.25) is 9.78 Å². The molecule has 0 unspecified atom stereocenters. The molecule has 122 valence electrons. The summed E-state index contributed by atoms with van der Waals surface area (Å²) in [6.45, 7) is 0. The van der Waals surface area contributed by atoms with Gasteiger partial charge in [0.25, 0.3) is 0 Å². The van der Waals surface area contributed by atoms with Crippen molar-refractivity contribution in [3.8, 4) is 0 Å². The molecular weight excluding hydrogens is 348 g/mol. The summed E-state index contributed by atoms with van der Waals surface area (Å²) in [6.07, 6.45) is 1.88. The molecule has 1 amide bonds. The number of thiophene rings is 1. The first-order valence-corrected chi connectivity index (χ1v) is 8.33. The number of aromatic nitrogens is 1. The molecule has 0 saturated heterocycles. The van der Waals surface area contributed by atoms with Gasteiger partial charge in [0.15, 0.2) is 0 Å². The maximum Gasteiger partial charge on any atom is 0.342 e. The first-order valence-electron chi connectivity index (χ1n) is 7.08. The van der Waals surface area contributed by atoms with Crippen LogP contribution in [0.3, 0.4) is 0 Å². The van der Waals surface area contributed by atoms with Gasteiger partial charge in [-0.25, -0.2) is 4.79 Å². The van der Waals surface area contributed by atoms with Crippen molar-refractivity contribution < 1.29 is 14.3 Å². The fourth-order valence-electron chi connectivity index (χ4n) is 2.39. The molecule has 2 heterocycles. The number of pyridine rings is 1. The Hall–Kier alpha value is -2.44. The summed E-state index contributed by atoms with van der Waals surface area (Å²) in [5.41, 5.74) is 1.87. The Balaban J connectivity index is 1.83. The van der Waals surface area contributed by atoms with Crippen molar-refractivity contribution in [2.75, 3.05) is 12.4 Å². The van der Waals surface area contributed by atoms with E-state index in [9.17, 15) is 9.59 Å². The second-order valence-electron chi connectivity index (χ2n) is 4.99. The van der Waals surface area contributed by atoms with Crippen molar-refractivity contribution in [2.24, 2.45) is 0 Å². The molecule has 0 aliphatic heterocycles. The monoisotopic (exact) mass is 360 g/mol. The number of esters is 1. The summed E-state index contributed by atoms with van der Waals surface area (Å²) in [6, 6.07) is 9.39. The lowest BCUT2D eigenvalue weighted by atomic mass is 10.1. The minimum atomic E-state index is -0.578. The maximum atomic E-state index is 12.4. The molecule has 0 bridgehead atoms. The smallest absolute Gasteiger partial charge is 0.342 e. The Labute approximate surface area is 147 Å². The molecule has 1 N–H and O–H groups in total. The average Bonchev–Trinajstić information content (AvgIpc) is 2.95. The first-order chi connectivity index (χ1) is 11.6. The van der Waals surface area contributed by atoms with Crippen LogP contribution in [0, 0.1) is 0 Å². The Morgan fingerprint density at radius 3 is 2.92 bits per heavy atom. The molecule has 1 aromatic carbocycles. The van der Waals surface area contributed by atoms with Crippen LogP contribution in [-0.2, 0) is 16.0 Å². The number of rotatable bonds is 4. The number of nitrogens with zero attached hydrogens (tertiary/aromatic N) is 1. The van der Waals surface area contributed by atoms with Gasteiger partial charge in [-0.05, 0) is 17.7 Å². The lowest BCUT2D eigenvalue weighted by Crippen LogP contribution is -2.16. The number of carbonyl (C=O) groups excluding carboxylic acids is 2. The fourth-order valence-corrected chi connectivity index (χ4v) is 3.57. The van der Waals surface area contributed by atoms with Gasteiger partial charge >= 0.3 is 5.97 Å². The zero-order valence-corrected chi connectivity index (χ0v) is 14.3. The molecule has 7 heteroatoms. The third kappa shape index (κ3) is 3.25. The molecular formula is C17H13ClN2O3S. The highest BCUT2D eigenvalue weighted by Gasteiger charge is 2.20. The number of halogens is 1. The van der Waals surface area contributed by atoms with E-state index >= 15 is 0 Å². The molecule has 0 fully saturated rings. The normalized spacial score (nSPS) is 10.6. The predicted octanol–water partition coefficient (Wildman–Crippen LogP) is 3.92. The number of benzene rings is 1. The molecule has 2 aromatic heterocycles. The van der Waals surface area contributed by atoms with E-state index in [0.717, 1.165) is 16.5 Å². The van der Waals surface area contributed by atoms with Crippen molar-refractivity contribution in [3.05, 3.63) is 58.1 Å². The van der Waals surface area contributed by atoms with Gasteiger partial charge in [0, 0.05) is 17.0 Å². The molecule has 0 spiro atoms. The van der Waals surface area contributed by atoms with Crippen LogP contribution in [0.5, 0.6) is 0 Å². The topological polar surface area (TPSA) is 68.3 Å². The summed E-state index contributed by atoms with van der Waals surface area (Å²) in [5.74, 6) is -0.819. The van der Waals surface area contributed by atoms with Crippen LogP contribution < -0.4 is 5.32 Å². The second kappa shape index (κ2) is 6.98. The standard InChI is InChI=1S/C17H13ClN2O3S/c1-23-17(22)15-12(18)9-24-16(15)20-14(21)8-10-4-2-6-13-11(10)5-3-7-19-13/h2-7,9H,8H2,1H3,(H,20,21). The number of fused-ring (bicyclic) bond motifs is 1. The van der Waals surface area contributed by atoms with Crippen molar-refractivity contribution in [3.63, 3.8) is 0 Å². The zero-order valence-electron chi connectivity index (χ0n) is 12.7. The predicted molar refractivity (Wildman–Crippen MR) is 94.7 cm³/mol. The summed E-state index contributed by atoms with van der Waals surface area (Å²) < 4.78 is 4.70.